The first-order valence-corrected chi connectivity index (χ1v) is 7.03. The summed E-state index contributed by atoms with van der Waals surface area (Å²) in [7, 11) is 0. The Labute approximate surface area is 127 Å². The number of hydrogen-bond acceptors (Lipinski definition) is 2. The zero-order valence-corrected chi connectivity index (χ0v) is 11.9. The van der Waals surface area contributed by atoms with E-state index in [0.717, 1.165) is 16.5 Å². The molecule has 0 aliphatic rings. The smallest absolute Gasteiger partial charge is 0.251 e. The molecule has 0 saturated heterocycles. The molecule has 0 atom stereocenters. The number of carbonyl (C=O) groups excluding carboxylic acids is 1. The predicted octanol–water partition coefficient (Wildman–Crippen LogP) is 2.86. The highest BCUT2D eigenvalue weighted by molar-refractivity contribution is 5.95. The van der Waals surface area contributed by atoms with E-state index < -0.39 is 5.82 Å². The lowest BCUT2D eigenvalue weighted by Gasteiger charge is -2.06. The molecule has 5 heteroatoms. The summed E-state index contributed by atoms with van der Waals surface area (Å²) in [6.45, 7) is 0.498. The molecule has 0 aliphatic carbocycles. The van der Waals surface area contributed by atoms with Gasteiger partial charge in [-0.25, -0.2) is 4.39 Å². The average molecular weight is 297 g/mol. The number of aromatic nitrogens is 1. The zero-order chi connectivity index (χ0) is 15.5. The molecule has 2 aromatic carbocycles. The number of H-pyrrole nitrogens is 1. The van der Waals surface area contributed by atoms with Gasteiger partial charge in [-0.1, -0.05) is 18.2 Å². The van der Waals surface area contributed by atoms with Crippen LogP contribution in [0.2, 0.25) is 0 Å². The Kier molecular flexibility index (Phi) is 3.78. The van der Waals surface area contributed by atoms with Gasteiger partial charge in [0.1, 0.15) is 5.82 Å². The highest BCUT2D eigenvalue weighted by Gasteiger charge is 2.08. The largest absolute Gasteiger partial charge is 0.396 e. The van der Waals surface area contributed by atoms with Crippen LogP contribution in [0.1, 0.15) is 15.9 Å². The van der Waals surface area contributed by atoms with Gasteiger partial charge in [-0.2, -0.15) is 0 Å². The number of aromatic amines is 1. The van der Waals surface area contributed by atoms with Crippen molar-refractivity contribution in [1.29, 1.82) is 0 Å². The van der Waals surface area contributed by atoms with Gasteiger partial charge in [0.25, 0.3) is 5.91 Å². The van der Waals surface area contributed by atoms with Crippen LogP contribution in [0.4, 0.5) is 10.1 Å². The molecule has 22 heavy (non-hydrogen) atoms. The second-order valence-electron chi connectivity index (χ2n) is 5.10. The number of halogens is 1. The molecule has 1 amide bonds. The van der Waals surface area contributed by atoms with E-state index in [4.69, 9.17) is 5.73 Å². The van der Waals surface area contributed by atoms with E-state index in [1.54, 1.807) is 0 Å². The van der Waals surface area contributed by atoms with E-state index in [2.05, 4.69) is 10.3 Å². The number of para-hydroxylation sites is 1. The minimum absolute atomic E-state index is 0.0238. The molecule has 3 rings (SSSR count). The van der Waals surface area contributed by atoms with E-state index in [-0.39, 0.29) is 11.6 Å². The summed E-state index contributed by atoms with van der Waals surface area (Å²) in [4.78, 5) is 15.2. The Bertz CT molecular complexity index is 826. The summed E-state index contributed by atoms with van der Waals surface area (Å²) in [5.74, 6) is -0.776. The van der Waals surface area contributed by atoms with Crippen molar-refractivity contribution in [2.24, 2.45) is 0 Å². The number of nitrogens with two attached hydrogens (primary N) is 1. The van der Waals surface area contributed by atoms with Crippen LogP contribution in [0.3, 0.4) is 0 Å². The molecule has 0 aliphatic heterocycles. The maximum atomic E-state index is 13.1. The van der Waals surface area contributed by atoms with Gasteiger partial charge < -0.3 is 16.0 Å². The van der Waals surface area contributed by atoms with Crippen molar-refractivity contribution in [3.8, 4) is 0 Å². The SMILES string of the molecule is Nc1cc(C(=O)NCCc2c[nH]c3ccccc23)ccc1F. The molecule has 0 spiro atoms. The molecule has 0 radical (unpaired) electrons. The Balaban J connectivity index is 1.63. The van der Waals surface area contributed by atoms with Crippen molar-refractivity contribution in [3.05, 3.63) is 65.6 Å². The zero-order valence-electron chi connectivity index (χ0n) is 11.9. The number of hydrogen-bond donors (Lipinski definition) is 3. The Morgan fingerprint density at radius 3 is 2.86 bits per heavy atom. The first-order chi connectivity index (χ1) is 10.6. The quantitative estimate of drug-likeness (QED) is 0.648. The van der Waals surface area contributed by atoms with Gasteiger partial charge in [-0.15, -0.1) is 0 Å². The molecule has 0 fully saturated rings. The van der Waals surface area contributed by atoms with E-state index in [1.165, 1.54) is 18.2 Å². The van der Waals surface area contributed by atoms with Crippen LogP contribution in [0.5, 0.6) is 0 Å². The van der Waals surface area contributed by atoms with Crippen LogP contribution in [-0.4, -0.2) is 17.4 Å². The van der Waals surface area contributed by atoms with Gasteiger partial charge in [0.15, 0.2) is 0 Å². The van der Waals surface area contributed by atoms with Crippen molar-refractivity contribution >= 4 is 22.5 Å². The van der Waals surface area contributed by atoms with Crippen LogP contribution >= 0.6 is 0 Å². The van der Waals surface area contributed by atoms with Crippen molar-refractivity contribution in [2.45, 2.75) is 6.42 Å². The highest BCUT2D eigenvalue weighted by atomic mass is 19.1. The molecule has 0 unspecified atom stereocenters. The number of fused-ring (bicyclic) bond motifs is 1. The molecule has 1 aromatic heterocycles. The Morgan fingerprint density at radius 1 is 1.23 bits per heavy atom. The van der Waals surface area contributed by atoms with Crippen LogP contribution in [-0.2, 0) is 6.42 Å². The van der Waals surface area contributed by atoms with Gasteiger partial charge in [0.2, 0.25) is 0 Å². The van der Waals surface area contributed by atoms with Crippen LogP contribution in [0.15, 0.2) is 48.7 Å². The summed E-state index contributed by atoms with van der Waals surface area (Å²) in [6.07, 6.45) is 2.67. The fourth-order valence-electron chi connectivity index (χ4n) is 2.44. The number of amides is 1. The predicted molar refractivity (Wildman–Crippen MR) is 85.1 cm³/mol. The minimum Gasteiger partial charge on any atom is -0.396 e. The van der Waals surface area contributed by atoms with Crippen molar-refractivity contribution in [3.63, 3.8) is 0 Å². The average Bonchev–Trinajstić information content (AvgIpc) is 2.93. The number of nitrogen functional groups attached to an aromatic ring is 1. The standard InChI is InChI=1S/C17H16FN3O/c18-14-6-5-11(9-15(14)19)17(22)20-8-7-12-10-21-16-4-2-1-3-13(12)16/h1-6,9-10,21H,7-8,19H2,(H,20,22). The van der Waals surface area contributed by atoms with Gasteiger partial charge in [0.05, 0.1) is 5.69 Å². The van der Waals surface area contributed by atoms with Crippen LogP contribution in [0.25, 0.3) is 10.9 Å². The minimum atomic E-state index is -0.518. The van der Waals surface area contributed by atoms with E-state index in [0.29, 0.717) is 18.5 Å². The first-order valence-electron chi connectivity index (χ1n) is 7.03. The highest BCUT2D eigenvalue weighted by Crippen LogP contribution is 2.17. The van der Waals surface area contributed by atoms with Gasteiger partial charge >= 0.3 is 0 Å². The number of benzene rings is 2. The summed E-state index contributed by atoms with van der Waals surface area (Å²) >= 11 is 0. The van der Waals surface area contributed by atoms with Gasteiger partial charge in [0, 0.05) is 29.2 Å². The number of rotatable bonds is 4. The molecular formula is C17H16FN3O. The van der Waals surface area contributed by atoms with E-state index in [9.17, 15) is 9.18 Å². The van der Waals surface area contributed by atoms with Gasteiger partial charge in [-0.05, 0) is 36.2 Å². The Hall–Kier alpha value is -2.82. The lowest BCUT2D eigenvalue weighted by molar-refractivity contribution is 0.0954. The normalized spacial score (nSPS) is 10.8. The first kappa shape index (κ1) is 14.1. The molecule has 0 bridgehead atoms. The molecule has 4 N–H and O–H groups in total. The second kappa shape index (κ2) is 5.89. The summed E-state index contributed by atoms with van der Waals surface area (Å²) in [5.41, 5.74) is 8.03. The summed E-state index contributed by atoms with van der Waals surface area (Å²) in [5, 5.41) is 3.97. The fraction of sp³-hybridized carbons (Fsp3) is 0.118. The lowest BCUT2D eigenvalue weighted by Crippen LogP contribution is -2.25. The van der Waals surface area contributed by atoms with Crippen LogP contribution in [0, 0.1) is 5.82 Å². The maximum absolute atomic E-state index is 13.1. The molecule has 3 aromatic rings. The molecule has 4 nitrogen and oxygen atoms in total. The topological polar surface area (TPSA) is 70.9 Å². The molecule has 112 valence electrons. The third-order valence-corrected chi connectivity index (χ3v) is 3.61. The lowest BCUT2D eigenvalue weighted by atomic mass is 10.1. The maximum Gasteiger partial charge on any atom is 0.251 e. The number of nitrogens with one attached hydrogen (secondary N) is 2. The van der Waals surface area contributed by atoms with Gasteiger partial charge in [-0.3, -0.25) is 4.79 Å². The Morgan fingerprint density at radius 2 is 2.05 bits per heavy atom. The van der Waals surface area contributed by atoms with E-state index in [1.807, 2.05) is 30.5 Å². The van der Waals surface area contributed by atoms with Crippen molar-refractivity contribution in [2.75, 3.05) is 12.3 Å². The van der Waals surface area contributed by atoms with Crippen molar-refractivity contribution in [1.82, 2.24) is 10.3 Å². The fourth-order valence-corrected chi connectivity index (χ4v) is 2.44. The summed E-state index contributed by atoms with van der Waals surface area (Å²) in [6, 6.07) is 12.0. The number of carbonyl (C=O) groups is 1. The third kappa shape index (κ3) is 2.79. The monoisotopic (exact) mass is 297 g/mol. The molecule has 0 saturated carbocycles. The van der Waals surface area contributed by atoms with Crippen molar-refractivity contribution < 1.29 is 9.18 Å². The third-order valence-electron chi connectivity index (χ3n) is 3.61. The molecular weight excluding hydrogens is 281 g/mol. The second-order valence-corrected chi connectivity index (χ2v) is 5.10. The van der Waals surface area contributed by atoms with Crippen LogP contribution < -0.4 is 11.1 Å². The van der Waals surface area contributed by atoms with E-state index >= 15 is 0 Å². The molecule has 1 heterocycles. The number of anilines is 1. The summed E-state index contributed by atoms with van der Waals surface area (Å²) < 4.78 is 13.1.